The van der Waals surface area contributed by atoms with E-state index in [4.69, 9.17) is 11.6 Å². The van der Waals surface area contributed by atoms with Crippen LogP contribution < -0.4 is 0 Å². The van der Waals surface area contributed by atoms with E-state index in [9.17, 15) is 4.39 Å². The van der Waals surface area contributed by atoms with Crippen molar-refractivity contribution in [1.29, 1.82) is 0 Å². The number of rotatable bonds is 15. The molecule has 0 nitrogen and oxygen atoms in total. The molecule has 1 aliphatic carbocycles. The van der Waals surface area contributed by atoms with Crippen molar-refractivity contribution in [3.05, 3.63) is 105 Å². The van der Waals surface area contributed by atoms with Crippen LogP contribution in [0.25, 0.3) is 0 Å². The molecule has 2 heteroatoms. The molecule has 39 heavy (non-hydrogen) atoms. The van der Waals surface area contributed by atoms with Gasteiger partial charge in [0, 0.05) is 0 Å². The van der Waals surface area contributed by atoms with E-state index in [-0.39, 0.29) is 10.8 Å². The minimum atomic E-state index is -0.328. The van der Waals surface area contributed by atoms with Crippen LogP contribution in [0.2, 0.25) is 5.02 Å². The number of aryl methyl sites for hydroxylation is 4. The Balaban J connectivity index is 1.11. The Labute approximate surface area is 242 Å². The van der Waals surface area contributed by atoms with Crippen LogP contribution in [0, 0.1) is 11.7 Å². The molecular weight excluding hydrogens is 499 g/mol. The molecule has 0 N–H and O–H groups in total. The van der Waals surface area contributed by atoms with Gasteiger partial charge in [-0.3, -0.25) is 0 Å². The standard InChI is InChI=1S/C37H48ClF/c1-2-3-4-5-6-7-8-9-29-18-23-34(24-19-29)35-25-20-32(21-26-35)15-14-30-10-12-31(13-11-30)16-17-33-22-27-36(38)37(39)28-33/h10-13,18-19,22-24,27-28,32,35H,2-9,14-17,20-21,25-26H2,1H3. The summed E-state index contributed by atoms with van der Waals surface area (Å²) in [6, 6.07) is 23.8. The van der Waals surface area contributed by atoms with Crippen molar-refractivity contribution in [3.8, 4) is 0 Å². The van der Waals surface area contributed by atoms with Gasteiger partial charge >= 0.3 is 0 Å². The molecule has 0 heterocycles. The quantitative estimate of drug-likeness (QED) is 0.166. The molecule has 1 fully saturated rings. The summed E-state index contributed by atoms with van der Waals surface area (Å²) in [6.07, 6.45) is 20.6. The van der Waals surface area contributed by atoms with Crippen molar-refractivity contribution >= 4 is 11.6 Å². The van der Waals surface area contributed by atoms with Gasteiger partial charge in [0.15, 0.2) is 0 Å². The third kappa shape index (κ3) is 10.1. The van der Waals surface area contributed by atoms with Crippen molar-refractivity contribution in [2.24, 2.45) is 5.92 Å². The maximum atomic E-state index is 13.7. The van der Waals surface area contributed by atoms with Crippen LogP contribution in [0.5, 0.6) is 0 Å². The molecular formula is C37H48ClF. The van der Waals surface area contributed by atoms with Crippen LogP contribution in [-0.4, -0.2) is 0 Å². The fourth-order valence-electron chi connectivity index (χ4n) is 6.25. The Kier molecular flexibility index (Phi) is 12.4. The van der Waals surface area contributed by atoms with E-state index < -0.39 is 0 Å². The molecule has 0 saturated heterocycles. The van der Waals surface area contributed by atoms with Crippen LogP contribution in [0.15, 0.2) is 66.7 Å². The summed E-state index contributed by atoms with van der Waals surface area (Å²) in [5.74, 6) is 1.28. The molecule has 0 spiro atoms. The van der Waals surface area contributed by atoms with Gasteiger partial charge in [-0.15, -0.1) is 0 Å². The number of hydrogen-bond donors (Lipinski definition) is 0. The highest BCUT2D eigenvalue weighted by Gasteiger charge is 2.22. The highest BCUT2D eigenvalue weighted by Crippen LogP contribution is 2.37. The van der Waals surface area contributed by atoms with Gasteiger partial charge in [0.05, 0.1) is 5.02 Å². The number of unbranched alkanes of at least 4 members (excludes halogenated alkanes) is 6. The Hall–Kier alpha value is -2.12. The van der Waals surface area contributed by atoms with Crippen LogP contribution in [0.3, 0.4) is 0 Å². The molecule has 3 aromatic rings. The molecule has 0 aromatic heterocycles. The fraction of sp³-hybridized carbons (Fsp3) is 0.514. The van der Waals surface area contributed by atoms with Gasteiger partial charge in [0.2, 0.25) is 0 Å². The van der Waals surface area contributed by atoms with E-state index in [2.05, 4.69) is 55.5 Å². The van der Waals surface area contributed by atoms with E-state index in [1.165, 1.54) is 107 Å². The second-order valence-electron chi connectivity index (χ2n) is 11.9. The van der Waals surface area contributed by atoms with Crippen LogP contribution in [0.4, 0.5) is 4.39 Å². The zero-order valence-electron chi connectivity index (χ0n) is 24.1. The van der Waals surface area contributed by atoms with Gasteiger partial charge in [0.1, 0.15) is 5.82 Å². The summed E-state index contributed by atoms with van der Waals surface area (Å²) in [5, 5.41) is 0.194. The molecule has 0 radical (unpaired) electrons. The fourth-order valence-corrected chi connectivity index (χ4v) is 6.37. The number of benzene rings is 3. The molecule has 1 saturated carbocycles. The molecule has 0 atom stereocenters. The van der Waals surface area contributed by atoms with Gasteiger partial charge in [0.25, 0.3) is 0 Å². The van der Waals surface area contributed by atoms with Crippen molar-refractivity contribution in [3.63, 3.8) is 0 Å². The van der Waals surface area contributed by atoms with Crippen molar-refractivity contribution in [1.82, 2.24) is 0 Å². The summed E-state index contributed by atoms with van der Waals surface area (Å²) in [6.45, 7) is 2.29. The lowest BCUT2D eigenvalue weighted by molar-refractivity contribution is 0.310. The SMILES string of the molecule is CCCCCCCCCc1ccc(C2CCC(CCc3ccc(CCc4ccc(Cl)c(F)c4)cc3)CC2)cc1. The van der Waals surface area contributed by atoms with Crippen LogP contribution in [-0.2, 0) is 25.7 Å². The Bertz CT molecular complexity index is 1090. The maximum absolute atomic E-state index is 13.7. The van der Waals surface area contributed by atoms with Gasteiger partial charge < -0.3 is 0 Å². The Morgan fingerprint density at radius 3 is 1.82 bits per heavy atom. The summed E-state index contributed by atoms with van der Waals surface area (Å²) >= 11 is 5.80. The number of halogens is 2. The maximum Gasteiger partial charge on any atom is 0.142 e. The monoisotopic (exact) mass is 546 g/mol. The molecule has 0 aliphatic heterocycles. The lowest BCUT2D eigenvalue weighted by Gasteiger charge is -2.29. The van der Waals surface area contributed by atoms with Crippen LogP contribution >= 0.6 is 11.6 Å². The van der Waals surface area contributed by atoms with E-state index in [1.807, 2.05) is 6.07 Å². The molecule has 0 bridgehead atoms. The predicted molar refractivity (Wildman–Crippen MR) is 166 cm³/mol. The van der Waals surface area contributed by atoms with Crippen molar-refractivity contribution < 1.29 is 4.39 Å². The van der Waals surface area contributed by atoms with E-state index >= 15 is 0 Å². The Morgan fingerprint density at radius 1 is 0.615 bits per heavy atom. The summed E-state index contributed by atoms with van der Waals surface area (Å²) in [5.41, 5.74) is 6.83. The highest BCUT2D eigenvalue weighted by molar-refractivity contribution is 6.30. The first kappa shape index (κ1) is 29.9. The van der Waals surface area contributed by atoms with E-state index in [0.717, 1.165) is 30.2 Å². The zero-order chi connectivity index (χ0) is 27.3. The normalized spacial score (nSPS) is 17.4. The second kappa shape index (κ2) is 16.2. The average molecular weight is 547 g/mol. The Morgan fingerprint density at radius 2 is 1.15 bits per heavy atom. The minimum Gasteiger partial charge on any atom is -0.205 e. The molecule has 4 rings (SSSR count). The molecule has 1 aliphatic rings. The second-order valence-corrected chi connectivity index (χ2v) is 12.3. The van der Waals surface area contributed by atoms with Crippen molar-refractivity contribution in [2.75, 3.05) is 0 Å². The zero-order valence-corrected chi connectivity index (χ0v) is 24.8. The first-order valence-corrected chi connectivity index (χ1v) is 16.1. The third-order valence-electron chi connectivity index (χ3n) is 8.92. The first-order valence-electron chi connectivity index (χ1n) is 15.7. The largest absolute Gasteiger partial charge is 0.205 e. The number of hydrogen-bond acceptors (Lipinski definition) is 0. The van der Waals surface area contributed by atoms with Gasteiger partial charge in [-0.05, 0) is 116 Å². The first-order chi connectivity index (χ1) is 19.1. The van der Waals surface area contributed by atoms with E-state index in [1.54, 1.807) is 17.7 Å². The summed E-state index contributed by atoms with van der Waals surface area (Å²) in [7, 11) is 0. The minimum absolute atomic E-state index is 0.194. The van der Waals surface area contributed by atoms with Crippen LogP contribution in [0.1, 0.15) is 118 Å². The average Bonchev–Trinajstić information content (AvgIpc) is 2.97. The predicted octanol–water partition coefficient (Wildman–Crippen LogP) is 11.5. The topological polar surface area (TPSA) is 0 Å². The molecule has 0 amide bonds. The molecule has 210 valence electrons. The van der Waals surface area contributed by atoms with E-state index in [0.29, 0.717) is 0 Å². The summed E-state index contributed by atoms with van der Waals surface area (Å²) < 4.78 is 13.7. The van der Waals surface area contributed by atoms with Crippen molar-refractivity contribution in [2.45, 2.75) is 116 Å². The smallest absolute Gasteiger partial charge is 0.142 e. The summed E-state index contributed by atoms with van der Waals surface area (Å²) in [4.78, 5) is 0. The third-order valence-corrected chi connectivity index (χ3v) is 9.22. The van der Waals surface area contributed by atoms with Gasteiger partial charge in [-0.25, -0.2) is 4.39 Å². The molecule has 0 unspecified atom stereocenters. The van der Waals surface area contributed by atoms with Gasteiger partial charge in [-0.1, -0.05) is 112 Å². The lowest BCUT2D eigenvalue weighted by atomic mass is 9.76. The lowest BCUT2D eigenvalue weighted by Crippen LogP contribution is -2.14. The molecule has 3 aromatic carbocycles. The highest BCUT2D eigenvalue weighted by atomic mass is 35.5. The van der Waals surface area contributed by atoms with Gasteiger partial charge in [-0.2, -0.15) is 0 Å².